The van der Waals surface area contributed by atoms with Crippen molar-refractivity contribution in [3.63, 3.8) is 0 Å². The van der Waals surface area contributed by atoms with Crippen LogP contribution in [-0.4, -0.2) is 0 Å². The molecule has 3 aromatic heterocycles. The lowest BCUT2D eigenvalue weighted by Gasteiger charge is -2.18. The Balaban J connectivity index is 0.000000107. The van der Waals surface area contributed by atoms with Crippen molar-refractivity contribution in [2.45, 2.75) is 0 Å². The summed E-state index contributed by atoms with van der Waals surface area (Å²) >= 11 is 0. The Morgan fingerprint density at radius 3 is 0.622 bits per heavy atom. The number of hydrogen-bond acceptors (Lipinski definition) is 3. The van der Waals surface area contributed by atoms with E-state index in [9.17, 15) is 0 Å². The first-order valence-electron chi connectivity index (χ1n) is 43.6. The average molecular weight is 1620 g/mol. The highest BCUT2D eigenvalue weighted by Crippen LogP contribution is 2.50. The summed E-state index contributed by atoms with van der Waals surface area (Å²) in [4.78, 5) is 0. The number of rotatable bonds is 10. The Bertz CT molecular complexity index is 8620. The molecule has 0 aliphatic rings. The maximum Gasteiger partial charge on any atom is 0.135 e. The fraction of sp³-hybridized carbons (Fsp3) is 0. The second-order valence-electron chi connectivity index (χ2n) is 33.1. The fourth-order valence-electron chi connectivity index (χ4n) is 19.9. The number of fused-ring (bicyclic) bond motifs is 16. The van der Waals surface area contributed by atoms with E-state index in [0.29, 0.717) is 0 Å². The number of hydrogen-bond donors (Lipinski definition) is 0. The molecule has 0 amide bonds. The van der Waals surface area contributed by atoms with Crippen molar-refractivity contribution in [2.75, 3.05) is 0 Å². The minimum Gasteiger partial charge on any atom is -0.456 e. The van der Waals surface area contributed by atoms with Crippen molar-refractivity contribution in [3.8, 4) is 111 Å². The standard InChI is InChI=1S/C44H28O.C42H26O.C38H24O/c1-2-11-29(12-3-1)32-13-10-14-34(27-32)44-38-18-6-4-16-36(38)43(37-17-5-7-19-39(37)44)31-23-21-30(22-24-31)33-25-26-42-40(28-33)35-15-8-9-20-41(35)45-42;1-2-10-30-25-32(22-19-27(30)9-1)42-36-14-5-3-12-34(36)41(35-13-4-6-15-37(35)42)29-20-17-28(18-21-29)31-23-24-40-38(26-31)33-11-7-8-16-39(33)43-40;1-2-10-26(11-3-1)37-30-13-4-6-15-32(30)38(33-16-7-5-14-31(33)37)27-20-18-25(19-21-27)28-22-23-36-34(24-28)29-12-8-9-17-35(29)39-36/h1-28H;1-26H;1-24H. The Kier molecular flexibility index (Phi) is 18.3. The third-order valence-corrected chi connectivity index (χ3v) is 25.8. The van der Waals surface area contributed by atoms with E-state index >= 15 is 0 Å². The van der Waals surface area contributed by atoms with Gasteiger partial charge >= 0.3 is 0 Å². The summed E-state index contributed by atoms with van der Waals surface area (Å²) < 4.78 is 18.2. The van der Waals surface area contributed by atoms with Crippen LogP contribution in [0.3, 0.4) is 0 Å². The van der Waals surface area contributed by atoms with Gasteiger partial charge in [0.05, 0.1) is 0 Å². The highest BCUT2D eigenvalue weighted by atomic mass is 16.3. The Hall–Kier alpha value is -16.7. The molecule has 0 aliphatic heterocycles. The SMILES string of the molecule is c1ccc(-c2c3ccccc3c(-c3ccc(-c4ccc5oc6ccccc6c5c4)cc3)c3ccccc23)cc1.c1ccc(-c2cccc(-c3c4ccccc4c(-c4ccc(-c5ccc6oc7ccccc7c6c5)cc4)c4ccccc34)c2)cc1.c1ccc2cc(-c3c4ccccc4c(-c4ccc(-c5ccc6oc7ccccc7c6c5)cc4)c4ccccc34)ccc2c1. The molecule has 23 aromatic carbocycles. The molecule has 592 valence electrons. The van der Waals surface area contributed by atoms with Gasteiger partial charge in [0.1, 0.15) is 33.5 Å². The predicted molar refractivity (Wildman–Crippen MR) is 538 cm³/mol. The van der Waals surface area contributed by atoms with Gasteiger partial charge in [-0.25, -0.2) is 0 Å². The van der Waals surface area contributed by atoms with E-state index in [-0.39, 0.29) is 0 Å². The zero-order valence-corrected chi connectivity index (χ0v) is 69.3. The molecule has 0 saturated carbocycles. The van der Waals surface area contributed by atoms with E-state index < -0.39 is 0 Å². The van der Waals surface area contributed by atoms with Crippen LogP contribution in [0.25, 0.3) is 252 Å². The molecular formula is C124H78O3. The van der Waals surface area contributed by atoms with Gasteiger partial charge in [0.2, 0.25) is 0 Å². The Morgan fingerprint density at radius 2 is 0.291 bits per heavy atom. The molecule has 0 spiro atoms. The fourth-order valence-corrected chi connectivity index (χ4v) is 19.9. The third kappa shape index (κ3) is 13.1. The van der Waals surface area contributed by atoms with Crippen LogP contribution in [0.2, 0.25) is 0 Å². The first-order chi connectivity index (χ1) is 63.0. The quantitative estimate of drug-likeness (QED) is 0.128. The van der Waals surface area contributed by atoms with Gasteiger partial charge in [-0.2, -0.15) is 0 Å². The van der Waals surface area contributed by atoms with Gasteiger partial charge < -0.3 is 13.3 Å². The lowest BCUT2D eigenvalue weighted by molar-refractivity contribution is 0.668. The summed E-state index contributed by atoms with van der Waals surface area (Å²) in [5.74, 6) is 0. The second-order valence-corrected chi connectivity index (χ2v) is 33.1. The zero-order valence-electron chi connectivity index (χ0n) is 69.3. The molecular weight excluding hydrogens is 1540 g/mol. The van der Waals surface area contributed by atoms with Crippen LogP contribution in [0, 0.1) is 0 Å². The van der Waals surface area contributed by atoms with Crippen LogP contribution >= 0.6 is 0 Å². The van der Waals surface area contributed by atoms with E-state index in [1.807, 2.05) is 36.4 Å². The van der Waals surface area contributed by atoms with Crippen molar-refractivity contribution < 1.29 is 13.3 Å². The second kappa shape index (κ2) is 31.3. The molecule has 0 unspecified atom stereocenters. The van der Waals surface area contributed by atoms with Gasteiger partial charge in [0.25, 0.3) is 0 Å². The molecule has 3 heteroatoms. The summed E-state index contributed by atoms with van der Waals surface area (Å²) in [5, 5.41) is 24.6. The van der Waals surface area contributed by atoms with E-state index in [4.69, 9.17) is 13.3 Å². The first kappa shape index (κ1) is 74.1. The van der Waals surface area contributed by atoms with Crippen molar-refractivity contribution in [2.24, 2.45) is 0 Å². The van der Waals surface area contributed by atoms with Gasteiger partial charge in [-0.1, -0.05) is 406 Å². The van der Waals surface area contributed by atoms with Gasteiger partial charge in [-0.3, -0.25) is 0 Å². The lowest BCUT2D eigenvalue weighted by Crippen LogP contribution is -1.91. The predicted octanol–water partition coefficient (Wildman–Crippen LogP) is 35.5. The van der Waals surface area contributed by atoms with Crippen molar-refractivity contribution in [3.05, 3.63) is 473 Å². The maximum absolute atomic E-state index is 6.07. The summed E-state index contributed by atoms with van der Waals surface area (Å²) in [6.45, 7) is 0. The minimum absolute atomic E-state index is 0.920. The third-order valence-electron chi connectivity index (χ3n) is 25.8. The average Bonchev–Trinajstić information content (AvgIpc) is 1.19. The largest absolute Gasteiger partial charge is 0.456 e. The van der Waals surface area contributed by atoms with Gasteiger partial charge in [0, 0.05) is 32.3 Å². The van der Waals surface area contributed by atoms with Crippen LogP contribution in [0.4, 0.5) is 0 Å². The van der Waals surface area contributed by atoms with Crippen LogP contribution in [0.15, 0.2) is 486 Å². The first-order valence-corrected chi connectivity index (χ1v) is 43.6. The summed E-state index contributed by atoms with van der Waals surface area (Å²) in [7, 11) is 0. The van der Waals surface area contributed by atoms with Crippen LogP contribution < -0.4 is 0 Å². The summed E-state index contributed by atoms with van der Waals surface area (Å²) in [6, 6.07) is 170. The molecule has 0 atom stereocenters. The molecule has 26 rings (SSSR count). The maximum atomic E-state index is 6.07. The number of furan rings is 3. The molecule has 0 radical (unpaired) electrons. The molecule has 0 aliphatic carbocycles. The normalized spacial score (nSPS) is 11.6. The molecule has 3 heterocycles. The monoisotopic (exact) mass is 1610 g/mol. The topological polar surface area (TPSA) is 39.4 Å². The van der Waals surface area contributed by atoms with Crippen LogP contribution in [0.5, 0.6) is 0 Å². The molecule has 127 heavy (non-hydrogen) atoms. The Labute approximate surface area is 733 Å². The highest BCUT2D eigenvalue weighted by molar-refractivity contribution is 6.25. The summed E-state index contributed by atoms with van der Waals surface area (Å²) in [5.41, 5.74) is 30.2. The van der Waals surface area contributed by atoms with E-state index in [1.165, 1.54) is 187 Å². The van der Waals surface area contributed by atoms with E-state index in [0.717, 1.165) is 65.8 Å². The zero-order chi connectivity index (χ0) is 83.8. The van der Waals surface area contributed by atoms with Gasteiger partial charge in [-0.05, 0) is 253 Å². The number of para-hydroxylation sites is 3. The van der Waals surface area contributed by atoms with Crippen LogP contribution in [0.1, 0.15) is 0 Å². The van der Waals surface area contributed by atoms with Gasteiger partial charge in [0.15, 0.2) is 0 Å². The molecule has 0 saturated heterocycles. The summed E-state index contributed by atoms with van der Waals surface area (Å²) in [6.07, 6.45) is 0. The molecule has 26 aromatic rings. The molecule has 0 N–H and O–H groups in total. The molecule has 3 nitrogen and oxygen atoms in total. The van der Waals surface area contributed by atoms with Crippen molar-refractivity contribution in [1.29, 1.82) is 0 Å². The van der Waals surface area contributed by atoms with Crippen molar-refractivity contribution in [1.82, 2.24) is 0 Å². The minimum atomic E-state index is 0.920. The Morgan fingerprint density at radius 1 is 0.0945 bits per heavy atom. The smallest absolute Gasteiger partial charge is 0.135 e. The molecule has 0 fully saturated rings. The van der Waals surface area contributed by atoms with Crippen molar-refractivity contribution >= 4 is 141 Å². The number of benzene rings is 23. The van der Waals surface area contributed by atoms with E-state index in [1.54, 1.807) is 0 Å². The van der Waals surface area contributed by atoms with E-state index in [2.05, 4.69) is 437 Å². The lowest BCUT2D eigenvalue weighted by atomic mass is 9.85. The van der Waals surface area contributed by atoms with Gasteiger partial charge in [-0.15, -0.1) is 0 Å². The highest BCUT2D eigenvalue weighted by Gasteiger charge is 2.23. The molecule has 0 bridgehead atoms. The van der Waals surface area contributed by atoms with Crippen LogP contribution in [-0.2, 0) is 0 Å².